The fourth-order valence-electron chi connectivity index (χ4n) is 2.73. The molecule has 6 heteroatoms. The summed E-state index contributed by atoms with van der Waals surface area (Å²) in [7, 11) is 0. The lowest BCUT2D eigenvalue weighted by Gasteiger charge is -2.09. The molecule has 1 aromatic heterocycles. The van der Waals surface area contributed by atoms with Gasteiger partial charge >= 0.3 is 0 Å². The van der Waals surface area contributed by atoms with E-state index in [1.807, 2.05) is 30.3 Å². The second-order valence-corrected chi connectivity index (χ2v) is 5.41. The van der Waals surface area contributed by atoms with E-state index < -0.39 is 0 Å². The lowest BCUT2D eigenvalue weighted by Crippen LogP contribution is -2.03. The van der Waals surface area contributed by atoms with Crippen molar-refractivity contribution in [2.24, 2.45) is 5.73 Å². The van der Waals surface area contributed by atoms with Gasteiger partial charge in [-0.1, -0.05) is 29.0 Å². The van der Waals surface area contributed by atoms with Crippen LogP contribution in [-0.2, 0) is 6.54 Å². The number of rotatable bonds is 3. The number of benzene rings is 2. The Morgan fingerprint density at radius 1 is 1.13 bits per heavy atom. The quantitative estimate of drug-likeness (QED) is 0.804. The SMILES string of the molecule is Cc1cccc(-c2c(CN)nnn2-c2ccc3c(c2)OCO3)c1. The van der Waals surface area contributed by atoms with E-state index in [1.54, 1.807) is 4.68 Å². The molecule has 116 valence electrons. The highest BCUT2D eigenvalue weighted by molar-refractivity contribution is 5.65. The Morgan fingerprint density at radius 3 is 2.83 bits per heavy atom. The van der Waals surface area contributed by atoms with Gasteiger partial charge in [-0.3, -0.25) is 0 Å². The van der Waals surface area contributed by atoms with Gasteiger partial charge in [-0.05, 0) is 25.1 Å². The van der Waals surface area contributed by atoms with Crippen LogP contribution in [-0.4, -0.2) is 21.8 Å². The van der Waals surface area contributed by atoms with Crippen molar-refractivity contribution in [3.05, 3.63) is 53.7 Å². The average molecular weight is 308 g/mol. The monoisotopic (exact) mass is 308 g/mol. The molecule has 0 fully saturated rings. The Bertz CT molecular complexity index is 873. The largest absolute Gasteiger partial charge is 0.454 e. The molecule has 23 heavy (non-hydrogen) atoms. The fourth-order valence-corrected chi connectivity index (χ4v) is 2.73. The molecule has 2 N–H and O–H groups in total. The van der Waals surface area contributed by atoms with Crippen molar-refractivity contribution < 1.29 is 9.47 Å². The van der Waals surface area contributed by atoms with Crippen molar-refractivity contribution >= 4 is 0 Å². The standard InChI is InChI=1S/C17H16N4O2/c1-11-3-2-4-12(7-11)17-14(9-18)19-20-21(17)13-5-6-15-16(8-13)23-10-22-15/h2-8H,9-10,18H2,1H3. The third-order valence-corrected chi connectivity index (χ3v) is 3.83. The Labute approximate surface area is 133 Å². The number of aryl methyl sites for hydroxylation is 1. The van der Waals surface area contributed by atoms with E-state index in [-0.39, 0.29) is 6.79 Å². The molecule has 3 aromatic rings. The summed E-state index contributed by atoms with van der Waals surface area (Å²) < 4.78 is 12.6. The van der Waals surface area contributed by atoms with Crippen LogP contribution in [0.4, 0.5) is 0 Å². The highest BCUT2D eigenvalue weighted by atomic mass is 16.7. The lowest BCUT2D eigenvalue weighted by molar-refractivity contribution is 0.174. The third kappa shape index (κ3) is 2.33. The Balaban J connectivity index is 1.88. The maximum absolute atomic E-state index is 5.85. The first-order valence-electron chi connectivity index (χ1n) is 7.38. The minimum absolute atomic E-state index is 0.245. The van der Waals surface area contributed by atoms with Crippen molar-refractivity contribution in [3.63, 3.8) is 0 Å². The third-order valence-electron chi connectivity index (χ3n) is 3.83. The summed E-state index contributed by atoms with van der Waals surface area (Å²) in [6.45, 7) is 2.63. The Morgan fingerprint density at radius 2 is 2.00 bits per heavy atom. The normalized spacial score (nSPS) is 12.6. The summed E-state index contributed by atoms with van der Waals surface area (Å²) in [6.07, 6.45) is 0. The molecule has 1 aliphatic heterocycles. The van der Waals surface area contributed by atoms with Crippen molar-refractivity contribution in [2.45, 2.75) is 13.5 Å². The summed E-state index contributed by atoms with van der Waals surface area (Å²) in [4.78, 5) is 0. The minimum atomic E-state index is 0.245. The van der Waals surface area contributed by atoms with Gasteiger partial charge < -0.3 is 15.2 Å². The number of fused-ring (bicyclic) bond motifs is 1. The average Bonchev–Trinajstić information content (AvgIpc) is 3.20. The van der Waals surface area contributed by atoms with E-state index in [4.69, 9.17) is 15.2 Å². The molecule has 0 atom stereocenters. The first kappa shape index (κ1) is 13.8. The molecule has 2 heterocycles. The maximum atomic E-state index is 5.85. The highest BCUT2D eigenvalue weighted by Crippen LogP contribution is 2.35. The molecular weight excluding hydrogens is 292 g/mol. The minimum Gasteiger partial charge on any atom is -0.454 e. The van der Waals surface area contributed by atoms with Gasteiger partial charge in [0.1, 0.15) is 5.69 Å². The smallest absolute Gasteiger partial charge is 0.231 e. The van der Waals surface area contributed by atoms with Crippen LogP contribution in [0.2, 0.25) is 0 Å². The summed E-state index contributed by atoms with van der Waals surface area (Å²) in [5, 5.41) is 8.51. The first-order chi connectivity index (χ1) is 11.3. The molecular formula is C17H16N4O2. The zero-order valence-electron chi connectivity index (χ0n) is 12.7. The molecule has 0 unspecified atom stereocenters. The van der Waals surface area contributed by atoms with Crippen LogP contribution in [0.15, 0.2) is 42.5 Å². The van der Waals surface area contributed by atoms with Gasteiger partial charge in [0, 0.05) is 18.2 Å². The van der Waals surface area contributed by atoms with E-state index in [0.29, 0.717) is 12.3 Å². The van der Waals surface area contributed by atoms with Crippen LogP contribution >= 0.6 is 0 Å². The molecule has 0 aliphatic carbocycles. The van der Waals surface area contributed by atoms with Crippen LogP contribution in [0.25, 0.3) is 16.9 Å². The molecule has 0 saturated carbocycles. The Hall–Kier alpha value is -2.86. The fraction of sp³-hybridized carbons (Fsp3) is 0.176. The molecule has 2 aromatic carbocycles. The van der Waals surface area contributed by atoms with Gasteiger partial charge in [0.2, 0.25) is 6.79 Å². The second kappa shape index (κ2) is 5.40. The predicted molar refractivity (Wildman–Crippen MR) is 85.5 cm³/mol. The molecule has 0 bridgehead atoms. The molecule has 0 saturated heterocycles. The van der Waals surface area contributed by atoms with Crippen molar-refractivity contribution in [3.8, 4) is 28.4 Å². The summed E-state index contributed by atoms with van der Waals surface area (Å²) in [5.41, 5.74) is 10.6. The molecule has 0 radical (unpaired) electrons. The van der Waals surface area contributed by atoms with E-state index >= 15 is 0 Å². The van der Waals surface area contributed by atoms with Crippen LogP contribution in [0.5, 0.6) is 11.5 Å². The predicted octanol–water partition coefficient (Wildman–Crippen LogP) is 2.43. The number of nitrogens with zero attached hydrogens (tertiary/aromatic N) is 3. The zero-order valence-corrected chi connectivity index (χ0v) is 12.7. The molecule has 1 aliphatic rings. The Kier molecular flexibility index (Phi) is 3.24. The summed E-state index contributed by atoms with van der Waals surface area (Å²) in [5.74, 6) is 1.45. The highest BCUT2D eigenvalue weighted by Gasteiger charge is 2.19. The van der Waals surface area contributed by atoms with E-state index in [9.17, 15) is 0 Å². The van der Waals surface area contributed by atoms with Crippen molar-refractivity contribution in [2.75, 3.05) is 6.79 Å². The van der Waals surface area contributed by atoms with Crippen molar-refractivity contribution in [1.29, 1.82) is 0 Å². The van der Waals surface area contributed by atoms with Gasteiger partial charge in [0.15, 0.2) is 11.5 Å². The zero-order chi connectivity index (χ0) is 15.8. The van der Waals surface area contributed by atoms with Gasteiger partial charge in [-0.15, -0.1) is 5.10 Å². The second-order valence-electron chi connectivity index (χ2n) is 5.41. The number of ether oxygens (including phenoxy) is 2. The van der Waals surface area contributed by atoms with Crippen LogP contribution in [0, 0.1) is 6.92 Å². The molecule has 4 rings (SSSR count). The van der Waals surface area contributed by atoms with Crippen molar-refractivity contribution in [1.82, 2.24) is 15.0 Å². The lowest BCUT2D eigenvalue weighted by atomic mass is 10.1. The maximum Gasteiger partial charge on any atom is 0.231 e. The van der Waals surface area contributed by atoms with Crippen LogP contribution < -0.4 is 15.2 Å². The molecule has 0 spiro atoms. The van der Waals surface area contributed by atoms with Crippen LogP contribution in [0.3, 0.4) is 0 Å². The van der Waals surface area contributed by atoms with Crippen LogP contribution in [0.1, 0.15) is 11.3 Å². The van der Waals surface area contributed by atoms with E-state index in [0.717, 1.165) is 28.4 Å². The number of hydrogen-bond donors (Lipinski definition) is 1. The number of aromatic nitrogens is 3. The topological polar surface area (TPSA) is 75.2 Å². The van der Waals surface area contributed by atoms with Gasteiger partial charge in [-0.25, -0.2) is 4.68 Å². The number of nitrogens with two attached hydrogens (primary N) is 1. The number of hydrogen-bond acceptors (Lipinski definition) is 5. The van der Waals surface area contributed by atoms with E-state index in [1.165, 1.54) is 5.56 Å². The summed E-state index contributed by atoms with van der Waals surface area (Å²) >= 11 is 0. The van der Waals surface area contributed by atoms with Gasteiger partial charge in [-0.2, -0.15) is 0 Å². The van der Waals surface area contributed by atoms with Gasteiger partial charge in [0.25, 0.3) is 0 Å². The molecule has 0 amide bonds. The first-order valence-corrected chi connectivity index (χ1v) is 7.38. The van der Waals surface area contributed by atoms with Gasteiger partial charge in [0.05, 0.1) is 11.4 Å². The van der Waals surface area contributed by atoms with E-state index in [2.05, 4.69) is 29.4 Å². The summed E-state index contributed by atoms with van der Waals surface area (Å²) in [6, 6.07) is 13.9. The molecule has 6 nitrogen and oxygen atoms in total.